The zero-order valence-electron chi connectivity index (χ0n) is 17.5. The van der Waals surface area contributed by atoms with Crippen molar-refractivity contribution in [2.75, 3.05) is 5.32 Å². The molecule has 8 heteroatoms. The van der Waals surface area contributed by atoms with Gasteiger partial charge in [-0.25, -0.2) is 13.8 Å². The molecule has 0 saturated heterocycles. The number of anilines is 1. The predicted molar refractivity (Wildman–Crippen MR) is 117 cm³/mol. The van der Waals surface area contributed by atoms with E-state index in [1.54, 1.807) is 11.6 Å². The number of hydrogen-bond acceptors (Lipinski definition) is 4. The molecule has 2 aromatic carbocycles. The molecule has 4 rings (SSSR count). The van der Waals surface area contributed by atoms with E-state index in [0.717, 1.165) is 5.69 Å². The van der Waals surface area contributed by atoms with Crippen molar-refractivity contribution < 1.29 is 9.18 Å². The van der Waals surface area contributed by atoms with Crippen molar-refractivity contribution in [3.63, 3.8) is 0 Å². The zero-order valence-corrected chi connectivity index (χ0v) is 17.5. The highest BCUT2D eigenvalue weighted by molar-refractivity contribution is 5.94. The lowest BCUT2D eigenvalue weighted by atomic mass is 10.2. The summed E-state index contributed by atoms with van der Waals surface area (Å²) >= 11 is 0. The number of carbonyl (C=O) groups is 1. The van der Waals surface area contributed by atoms with Gasteiger partial charge in [-0.1, -0.05) is 25.1 Å². The van der Waals surface area contributed by atoms with Gasteiger partial charge in [0.2, 0.25) is 5.91 Å². The van der Waals surface area contributed by atoms with Crippen LogP contribution in [-0.2, 0) is 4.79 Å². The molecule has 1 amide bonds. The Bertz CT molecular complexity index is 1310. The van der Waals surface area contributed by atoms with Gasteiger partial charge < -0.3 is 5.32 Å². The summed E-state index contributed by atoms with van der Waals surface area (Å²) in [7, 11) is 0. The van der Waals surface area contributed by atoms with E-state index >= 15 is 0 Å². The SMILES string of the molecule is CC[C@H](C(=O)Nc1ccc(F)cc1)n1nc(C)c2nn(-c3ccccc3)c(C)c2c1=O. The highest BCUT2D eigenvalue weighted by atomic mass is 19.1. The number of rotatable bonds is 5. The lowest BCUT2D eigenvalue weighted by molar-refractivity contribution is -0.119. The Morgan fingerprint density at radius 1 is 1.06 bits per heavy atom. The maximum Gasteiger partial charge on any atom is 0.278 e. The summed E-state index contributed by atoms with van der Waals surface area (Å²) in [5.41, 5.74) is 2.66. The summed E-state index contributed by atoms with van der Waals surface area (Å²) in [6, 6.07) is 14.2. The molecule has 0 saturated carbocycles. The Morgan fingerprint density at radius 3 is 2.39 bits per heavy atom. The van der Waals surface area contributed by atoms with Crippen LogP contribution in [0, 0.1) is 19.7 Å². The number of aromatic nitrogens is 4. The largest absolute Gasteiger partial charge is 0.324 e. The van der Waals surface area contributed by atoms with E-state index in [0.29, 0.717) is 34.4 Å². The molecular formula is C23H22FN5O2. The van der Waals surface area contributed by atoms with E-state index in [-0.39, 0.29) is 5.56 Å². The van der Waals surface area contributed by atoms with Gasteiger partial charge in [0.05, 0.1) is 22.5 Å². The minimum absolute atomic E-state index is 0.358. The molecule has 2 aromatic heterocycles. The quantitative estimate of drug-likeness (QED) is 0.531. The summed E-state index contributed by atoms with van der Waals surface area (Å²) in [6.07, 6.45) is 0.358. The first-order chi connectivity index (χ1) is 14.9. The molecule has 1 N–H and O–H groups in total. The van der Waals surface area contributed by atoms with Crippen molar-refractivity contribution in [3.8, 4) is 5.69 Å². The van der Waals surface area contributed by atoms with Crippen LogP contribution in [0.1, 0.15) is 30.8 Å². The molecule has 0 unspecified atom stereocenters. The van der Waals surface area contributed by atoms with E-state index in [2.05, 4.69) is 15.5 Å². The summed E-state index contributed by atoms with van der Waals surface area (Å²) in [5, 5.41) is 12.2. The Kier molecular flexibility index (Phi) is 5.37. The number of hydrogen-bond donors (Lipinski definition) is 1. The molecule has 0 aliphatic heterocycles. The molecule has 31 heavy (non-hydrogen) atoms. The summed E-state index contributed by atoms with van der Waals surface area (Å²) < 4.78 is 16.1. The second-order valence-electron chi connectivity index (χ2n) is 7.31. The smallest absolute Gasteiger partial charge is 0.278 e. The van der Waals surface area contributed by atoms with E-state index in [1.165, 1.54) is 28.9 Å². The van der Waals surface area contributed by atoms with Gasteiger partial charge in [-0.3, -0.25) is 9.59 Å². The number of para-hydroxylation sites is 1. The average Bonchev–Trinajstić information content (AvgIpc) is 3.12. The highest BCUT2D eigenvalue weighted by Crippen LogP contribution is 2.22. The number of nitrogens with one attached hydrogen (secondary N) is 1. The lowest BCUT2D eigenvalue weighted by Crippen LogP contribution is -2.35. The normalized spacial score (nSPS) is 12.1. The van der Waals surface area contributed by atoms with Crippen molar-refractivity contribution in [3.05, 3.63) is 82.2 Å². The van der Waals surface area contributed by atoms with Crippen molar-refractivity contribution in [2.24, 2.45) is 0 Å². The van der Waals surface area contributed by atoms with Gasteiger partial charge >= 0.3 is 0 Å². The molecule has 1 atom stereocenters. The molecule has 0 spiro atoms. The first-order valence-electron chi connectivity index (χ1n) is 10.0. The summed E-state index contributed by atoms with van der Waals surface area (Å²) in [5.74, 6) is -0.787. The topological polar surface area (TPSA) is 81.8 Å². The van der Waals surface area contributed by atoms with Crippen LogP contribution in [0.5, 0.6) is 0 Å². The van der Waals surface area contributed by atoms with Crippen molar-refractivity contribution in [1.82, 2.24) is 19.6 Å². The Morgan fingerprint density at radius 2 is 1.74 bits per heavy atom. The van der Waals surface area contributed by atoms with E-state index in [4.69, 9.17) is 0 Å². The number of amides is 1. The van der Waals surface area contributed by atoms with Gasteiger partial charge in [-0.15, -0.1) is 0 Å². The molecule has 0 radical (unpaired) electrons. The van der Waals surface area contributed by atoms with Gasteiger partial charge in [-0.05, 0) is 56.7 Å². The predicted octanol–water partition coefficient (Wildman–Crippen LogP) is 3.93. The van der Waals surface area contributed by atoms with Crippen LogP contribution in [0.15, 0.2) is 59.4 Å². The second kappa shape index (κ2) is 8.14. The van der Waals surface area contributed by atoms with E-state index in [1.807, 2.05) is 44.2 Å². The van der Waals surface area contributed by atoms with Crippen LogP contribution >= 0.6 is 0 Å². The third-order valence-corrected chi connectivity index (χ3v) is 5.24. The van der Waals surface area contributed by atoms with Gasteiger partial charge in [0.15, 0.2) is 0 Å². The van der Waals surface area contributed by atoms with Crippen molar-refractivity contribution in [1.29, 1.82) is 0 Å². The third kappa shape index (κ3) is 3.72. The Labute approximate surface area is 178 Å². The van der Waals surface area contributed by atoms with Crippen LogP contribution in [0.3, 0.4) is 0 Å². The molecular weight excluding hydrogens is 397 g/mol. The maximum atomic E-state index is 13.4. The number of halogens is 1. The summed E-state index contributed by atoms with van der Waals surface area (Å²) in [4.78, 5) is 26.3. The van der Waals surface area contributed by atoms with E-state index < -0.39 is 17.8 Å². The zero-order chi connectivity index (χ0) is 22.1. The van der Waals surface area contributed by atoms with Crippen LogP contribution < -0.4 is 10.9 Å². The summed E-state index contributed by atoms with van der Waals surface area (Å²) in [6.45, 7) is 5.40. The number of aryl methyl sites for hydroxylation is 2. The van der Waals surface area contributed by atoms with Crippen molar-refractivity contribution in [2.45, 2.75) is 33.2 Å². The molecule has 0 fully saturated rings. The minimum Gasteiger partial charge on any atom is -0.324 e. The fourth-order valence-corrected chi connectivity index (χ4v) is 3.64. The minimum atomic E-state index is -0.819. The van der Waals surface area contributed by atoms with Gasteiger partial charge in [0.25, 0.3) is 5.56 Å². The average molecular weight is 419 g/mol. The Hall–Kier alpha value is -3.81. The van der Waals surface area contributed by atoms with Crippen LogP contribution in [-0.4, -0.2) is 25.5 Å². The van der Waals surface area contributed by atoms with E-state index in [9.17, 15) is 14.0 Å². The third-order valence-electron chi connectivity index (χ3n) is 5.24. The monoisotopic (exact) mass is 419 g/mol. The van der Waals surface area contributed by atoms with Crippen LogP contribution in [0.4, 0.5) is 10.1 Å². The molecule has 4 aromatic rings. The van der Waals surface area contributed by atoms with Gasteiger partial charge in [0.1, 0.15) is 17.4 Å². The number of fused-ring (bicyclic) bond motifs is 1. The van der Waals surface area contributed by atoms with Crippen molar-refractivity contribution >= 4 is 22.5 Å². The van der Waals surface area contributed by atoms with Crippen LogP contribution in [0.2, 0.25) is 0 Å². The molecule has 0 bridgehead atoms. The first kappa shape index (κ1) is 20.5. The maximum absolute atomic E-state index is 13.4. The standard InChI is InChI=1S/C23H22FN5O2/c1-4-19(22(30)25-17-12-10-16(24)11-13-17)29-23(31)20-15(3)28(18-8-6-5-7-9-18)27-21(20)14(2)26-29/h5-13,19H,4H2,1-3H3,(H,25,30)/t19-/m1/s1. The van der Waals surface area contributed by atoms with Gasteiger partial charge in [0, 0.05) is 5.69 Å². The van der Waals surface area contributed by atoms with Crippen LogP contribution in [0.25, 0.3) is 16.6 Å². The highest BCUT2D eigenvalue weighted by Gasteiger charge is 2.25. The fourth-order valence-electron chi connectivity index (χ4n) is 3.64. The number of carbonyl (C=O) groups excluding carboxylic acids is 1. The Balaban J connectivity index is 1.78. The molecule has 7 nitrogen and oxygen atoms in total. The number of nitrogens with zero attached hydrogens (tertiary/aromatic N) is 4. The molecule has 0 aliphatic rings. The molecule has 158 valence electrons. The number of benzene rings is 2. The molecule has 2 heterocycles. The van der Waals surface area contributed by atoms with Gasteiger partial charge in [-0.2, -0.15) is 10.2 Å². The fraction of sp³-hybridized carbons (Fsp3) is 0.217. The lowest BCUT2D eigenvalue weighted by Gasteiger charge is -2.17. The molecule has 0 aliphatic carbocycles. The first-order valence-corrected chi connectivity index (χ1v) is 10.0. The second-order valence-corrected chi connectivity index (χ2v) is 7.31.